The van der Waals surface area contributed by atoms with E-state index in [9.17, 15) is 34.5 Å². The Bertz CT molecular complexity index is 1520. The molecule has 0 aliphatic heterocycles. The van der Waals surface area contributed by atoms with Gasteiger partial charge in [0.05, 0.1) is 22.6 Å². The number of allylic oxidation sites excluding steroid dienone is 1. The van der Waals surface area contributed by atoms with Crippen LogP contribution >= 0.6 is 0 Å². The molecule has 0 bridgehead atoms. The van der Waals surface area contributed by atoms with Crippen molar-refractivity contribution in [1.82, 2.24) is 0 Å². The van der Waals surface area contributed by atoms with Gasteiger partial charge in [0.2, 0.25) is 0 Å². The van der Waals surface area contributed by atoms with Crippen LogP contribution in [0.15, 0.2) is 73.3 Å². The lowest BCUT2D eigenvalue weighted by Gasteiger charge is -2.68. The maximum atomic E-state index is 14.3. The van der Waals surface area contributed by atoms with Crippen LogP contribution in [-0.4, -0.2) is 75.1 Å². The molecule has 0 saturated heterocycles. The van der Waals surface area contributed by atoms with Gasteiger partial charge < -0.3 is 29.5 Å². The van der Waals surface area contributed by atoms with E-state index >= 15 is 0 Å². The predicted octanol–water partition coefficient (Wildman–Crippen LogP) is 3.67. The zero-order valence-corrected chi connectivity index (χ0v) is 26.7. The Labute approximate surface area is 268 Å². The van der Waals surface area contributed by atoms with Gasteiger partial charge in [-0.3, -0.25) is 9.59 Å². The number of aliphatic hydroxyl groups excluding tert-OH is 2. The van der Waals surface area contributed by atoms with Crippen molar-refractivity contribution < 1.29 is 48.7 Å². The van der Waals surface area contributed by atoms with Gasteiger partial charge in [0.15, 0.2) is 17.5 Å². The molecule has 0 unspecified atom stereocenters. The van der Waals surface area contributed by atoms with Crippen molar-refractivity contribution in [3.63, 3.8) is 0 Å². The number of aliphatic hydroxyl groups is 3. The number of carbonyl (C=O) groups is 4. The summed E-state index contributed by atoms with van der Waals surface area (Å²) in [6.07, 6.45) is -6.05. The van der Waals surface area contributed by atoms with Gasteiger partial charge in [0.25, 0.3) is 0 Å². The summed E-state index contributed by atoms with van der Waals surface area (Å²) in [5, 5.41) is 36.1. The van der Waals surface area contributed by atoms with Gasteiger partial charge in [-0.25, -0.2) is 9.59 Å². The van der Waals surface area contributed by atoms with Crippen molar-refractivity contribution in [2.75, 3.05) is 0 Å². The molecule has 10 atom stereocenters. The van der Waals surface area contributed by atoms with Crippen molar-refractivity contribution in [2.45, 2.75) is 83.6 Å². The van der Waals surface area contributed by atoms with Gasteiger partial charge in [-0.2, -0.15) is 0 Å². The highest BCUT2D eigenvalue weighted by molar-refractivity contribution is 5.96. The van der Waals surface area contributed by atoms with Crippen LogP contribution in [0.25, 0.3) is 0 Å². The molecule has 2 aromatic rings. The number of esters is 3. The molecule has 0 aromatic heterocycles. The summed E-state index contributed by atoms with van der Waals surface area (Å²) < 4.78 is 18.0. The fourth-order valence-electron chi connectivity index (χ4n) is 8.58. The maximum Gasteiger partial charge on any atom is 0.338 e. The lowest BCUT2D eigenvalue weighted by atomic mass is 9.39. The van der Waals surface area contributed by atoms with Crippen LogP contribution in [0.3, 0.4) is 0 Å². The first-order chi connectivity index (χ1) is 21.5. The van der Waals surface area contributed by atoms with Gasteiger partial charge in [-0.05, 0) is 48.9 Å². The second-order valence-corrected chi connectivity index (χ2v) is 14.0. The van der Waals surface area contributed by atoms with E-state index in [1.165, 1.54) is 18.2 Å². The van der Waals surface area contributed by atoms with E-state index in [1.54, 1.807) is 76.2 Å². The molecular formula is C36H42O10. The summed E-state index contributed by atoms with van der Waals surface area (Å²) in [6.45, 7) is 11.7. The van der Waals surface area contributed by atoms with E-state index in [1.807, 2.05) is 0 Å². The number of ketones is 1. The van der Waals surface area contributed by atoms with E-state index in [-0.39, 0.29) is 24.0 Å². The number of hydrogen-bond donors (Lipinski definition) is 3. The van der Waals surface area contributed by atoms with Crippen LogP contribution < -0.4 is 0 Å². The Morgan fingerprint density at radius 2 is 1.39 bits per heavy atom. The fraction of sp³-hybridized carbons (Fsp3) is 0.500. The molecule has 5 rings (SSSR count). The molecule has 0 spiro atoms. The smallest absolute Gasteiger partial charge is 0.338 e. The molecule has 3 aliphatic carbocycles. The topological polar surface area (TPSA) is 157 Å². The number of Topliss-reactive ketones (excluding diaryl/α,β-unsaturated/α-hetero) is 1. The first kappa shape index (κ1) is 33.5. The van der Waals surface area contributed by atoms with Crippen molar-refractivity contribution in [1.29, 1.82) is 0 Å². The summed E-state index contributed by atoms with van der Waals surface area (Å²) in [7, 11) is 0. The Morgan fingerprint density at radius 3 is 1.89 bits per heavy atom. The molecule has 246 valence electrons. The normalized spacial score (nSPS) is 38.0. The van der Waals surface area contributed by atoms with Crippen LogP contribution in [0.1, 0.15) is 68.2 Å². The monoisotopic (exact) mass is 634 g/mol. The number of rotatable bonds is 6. The van der Waals surface area contributed by atoms with E-state index in [2.05, 4.69) is 6.58 Å². The molecule has 10 heteroatoms. The minimum absolute atomic E-state index is 0.101. The summed E-state index contributed by atoms with van der Waals surface area (Å²) in [5.41, 5.74) is -6.15. The van der Waals surface area contributed by atoms with Gasteiger partial charge in [0.1, 0.15) is 18.3 Å². The number of carbonyl (C=O) groups excluding carboxylic acids is 4. The van der Waals surface area contributed by atoms with Crippen LogP contribution in [0.2, 0.25) is 0 Å². The predicted molar refractivity (Wildman–Crippen MR) is 165 cm³/mol. The minimum atomic E-state index is -2.51. The number of ether oxygens (including phenoxy) is 3. The largest absolute Gasteiger partial charge is 0.458 e. The average molecular weight is 635 g/mol. The van der Waals surface area contributed by atoms with Gasteiger partial charge in [0, 0.05) is 24.7 Å². The lowest BCUT2D eigenvalue weighted by molar-refractivity contribution is -0.312. The molecule has 0 radical (unpaired) electrons. The van der Waals surface area contributed by atoms with Crippen LogP contribution in [0.4, 0.5) is 0 Å². The van der Waals surface area contributed by atoms with E-state index in [4.69, 9.17) is 14.2 Å². The summed E-state index contributed by atoms with van der Waals surface area (Å²) in [6, 6.07) is 16.3. The van der Waals surface area contributed by atoms with Crippen molar-refractivity contribution in [3.05, 3.63) is 84.4 Å². The highest BCUT2D eigenvalue weighted by Gasteiger charge is 2.77. The molecule has 0 amide bonds. The van der Waals surface area contributed by atoms with Crippen LogP contribution in [0.5, 0.6) is 0 Å². The molecule has 10 nitrogen and oxygen atoms in total. The molecule has 3 saturated carbocycles. The molecule has 46 heavy (non-hydrogen) atoms. The van der Waals surface area contributed by atoms with Crippen molar-refractivity contribution in [3.8, 4) is 0 Å². The standard InChI is InChI=1S/C36H42O10/c1-7-34(5)19-23(45-30(40)21-14-10-8-11-15-21)27-35(6)24(18-25(38)36(27,43)32(34)42)33(3,4)28(39)26(44-20(2)37)29(35)46-31(41)22-16-12-9-13-17-22/h7-17,23-29,38-39,43H,1,18-19H2,2-6H3/t23-,24+,25-,26+,27-,28-,29+,34-,35+,36+/m1/s1. The Hall–Kier alpha value is -3.86. The average Bonchev–Trinajstić information content (AvgIpc) is 3.02. The molecule has 0 heterocycles. The SMILES string of the molecule is C=C[C@]1(C)C[C@@H](OC(=O)c2ccccc2)[C@H]2[C@](O)(C1=O)[C@H](O)C[C@H]1C(C)(C)[C@H](O)[C@H](OC(C)=O)[C@H](OC(=O)c3ccccc3)[C@@]12C. The minimum Gasteiger partial charge on any atom is -0.458 e. The van der Waals surface area contributed by atoms with Crippen LogP contribution in [0, 0.1) is 28.1 Å². The second kappa shape index (κ2) is 11.7. The Kier molecular flexibility index (Phi) is 8.55. The molecule has 2 aromatic carbocycles. The third-order valence-corrected chi connectivity index (χ3v) is 10.9. The Morgan fingerprint density at radius 1 is 0.870 bits per heavy atom. The van der Waals surface area contributed by atoms with E-state index < -0.39 is 87.9 Å². The van der Waals surface area contributed by atoms with E-state index in [0.29, 0.717) is 0 Å². The van der Waals surface area contributed by atoms with E-state index in [0.717, 1.165) is 6.92 Å². The fourth-order valence-corrected chi connectivity index (χ4v) is 8.58. The molecular weight excluding hydrogens is 592 g/mol. The zero-order chi connectivity index (χ0) is 33.8. The van der Waals surface area contributed by atoms with Gasteiger partial charge in [-0.1, -0.05) is 63.2 Å². The van der Waals surface area contributed by atoms with Crippen molar-refractivity contribution in [2.24, 2.45) is 28.1 Å². The zero-order valence-electron chi connectivity index (χ0n) is 26.7. The third kappa shape index (κ3) is 5.07. The summed E-state index contributed by atoms with van der Waals surface area (Å²) >= 11 is 0. The highest BCUT2D eigenvalue weighted by Crippen LogP contribution is 2.67. The van der Waals surface area contributed by atoms with Gasteiger partial charge >= 0.3 is 17.9 Å². The summed E-state index contributed by atoms with van der Waals surface area (Å²) in [5.74, 6) is -5.10. The number of hydrogen-bond acceptors (Lipinski definition) is 10. The molecule has 3 aliphatic rings. The third-order valence-electron chi connectivity index (χ3n) is 10.9. The Balaban J connectivity index is 1.74. The second-order valence-electron chi connectivity index (χ2n) is 14.0. The molecule has 3 N–H and O–H groups in total. The quantitative estimate of drug-likeness (QED) is 0.243. The number of benzene rings is 2. The molecule has 3 fully saturated rings. The highest BCUT2D eigenvalue weighted by atomic mass is 16.6. The van der Waals surface area contributed by atoms with Crippen LogP contribution in [-0.2, 0) is 23.8 Å². The summed E-state index contributed by atoms with van der Waals surface area (Å²) in [4.78, 5) is 54.1. The number of fused-ring (bicyclic) bond motifs is 3. The van der Waals surface area contributed by atoms with Gasteiger partial charge in [-0.15, -0.1) is 6.58 Å². The van der Waals surface area contributed by atoms with Crippen molar-refractivity contribution >= 4 is 23.7 Å². The lowest BCUT2D eigenvalue weighted by Crippen LogP contribution is -2.80. The first-order valence-corrected chi connectivity index (χ1v) is 15.5. The first-order valence-electron chi connectivity index (χ1n) is 15.5. The maximum absolute atomic E-state index is 14.3.